The molecule has 2 aromatic carbocycles. The summed E-state index contributed by atoms with van der Waals surface area (Å²) in [6, 6.07) is 17.5. The summed E-state index contributed by atoms with van der Waals surface area (Å²) in [6.45, 7) is 0. The Balaban J connectivity index is 1.67. The SMILES string of the molecule is O=C(CCc1ccccc1)Nc1ccccc1-n1cncn1. The second-order valence-electron chi connectivity index (χ2n) is 4.89. The van der Waals surface area contributed by atoms with Gasteiger partial charge in [-0.3, -0.25) is 4.79 Å². The zero-order valence-electron chi connectivity index (χ0n) is 12.0. The van der Waals surface area contributed by atoms with Crippen LogP contribution in [-0.2, 0) is 11.2 Å². The number of aromatic nitrogens is 3. The van der Waals surface area contributed by atoms with Gasteiger partial charge in [-0.1, -0.05) is 42.5 Å². The van der Waals surface area contributed by atoms with E-state index in [1.807, 2.05) is 54.6 Å². The summed E-state index contributed by atoms with van der Waals surface area (Å²) < 4.78 is 1.63. The molecular formula is C17H16N4O. The maximum absolute atomic E-state index is 12.2. The van der Waals surface area contributed by atoms with Crippen LogP contribution in [0.15, 0.2) is 67.3 Å². The average Bonchev–Trinajstić information content (AvgIpc) is 3.09. The number of carbonyl (C=O) groups is 1. The zero-order chi connectivity index (χ0) is 15.2. The Morgan fingerprint density at radius 2 is 1.82 bits per heavy atom. The van der Waals surface area contributed by atoms with Crippen molar-refractivity contribution in [3.8, 4) is 5.69 Å². The van der Waals surface area contributed by atoms with Crippen molar-refractivity contribution in [2.75, 3.05) is 5.32 Å². The van der Waals surface area contributed by atoms with Gasteiger partial charge in [0, 0.05) is 6.42 Å². The van der Waals surface area contributed by atoms with Crippen molar-refractivity contribution in [3.05, 3.63) is 72.8 Å². The van der Waals surface area contributed by atoms with E-state index < -0.39 is 0 Å². The minimum Gasteiger partial charge on any atom is -0.324 e. The van der Waals surface area contributed by atoms with Crippen LogP contribution in [0.25, 0.3) is 5.69 Å². The number of rotatable bonds is 5. The Hall–Kier alpha value is -2.95. The number of hydrogen-bond acceptors (Lipinski definition) is 3. The second-order valence-corrected chi connectivity index (χ2v) is 4.89. The van der Waals surface area contributed by atoms with E-state index in [1.54, 1.807) is 11.0 Å². The van der Waals surface area contributed by atoms with Crippen molar-refractivity contribution >= 4 is 11.6 Å². The number of hydrogen-bond donors (Lipinski definition) is 1. The van der Waals surface area contributed by atoms with Gasteiger partial charge in [-0.25, -0.2) is 9.67 Å². The minimum atomic E-state index is -0.0172. The summed E-state index contributed by atoms with van der Waals surface area (Å²) in [5, 5.41) is 7.04. The topological polar surface area (TPSA) is 59.8 Å². The van der Waals surface area contributed by atoms with Crippen LogP contribution >= 0.6 is 0 Å². The van der Waals surface area contributed by atoms with Crippen LogP contribution in [0.2, 0.25) is 0 Å². The molecule has 1 amide bonds. The highest BCUT2D eigenvalue weighted by atomic mass is 16.1. The van der Waals surface area contributed by atoms with Crippen LogP contribution in [-0.4, -0.2) is 20.7 Å². The Morgan fingerprint density at radius 1 is 1.05 bits per heavy atom. The molecule has 0 fully saturated rings. The molecule has 0 aliphatic carbocycles. The lowest BCUT2D eigenvalue weighted by Gasteiger charge is -2.10. The molecule has 3 rings (SSSR count). The van der Waals surface area contributed by atoms with Gasteiger partial charge in [-0.05, 0) is 24.1 Å². The van der Waals surface area contributed by atoms with E-state index in [1.165, 1.54) is 6.33 Å². The molecule has 0 aliphatic heterocycles. The lowest BCUT2D eigenvalue weighted by atomic mass is 10.1. The van der Waals surface area contributed by atoms with Crippen LogP contribution in [0.1, 0.15) is 12.0 Å². The van der Waals surface area contributed by atoms with Gasteiger partial charge in [0.25, 0.3) is 0 Å². The monoisotopic (exact) mass is 292 g/mol. The van der Waals surface area contributed by atoms with Crippen LogP contribution < -0.4 is 5.32 Å². The van der Waals surface area contributed by atoms with Crippen LogP contribution in [0.3, 0.4) is 0 Å². The summed E-state index contributed by atoms with van der Waals surface area (Å²) in [4.78, 5) is 16.1. The van der Waals surface area contributed by atoms with Crippen molar-refractivity contribution in [1.82, 2.24) is 14.8 Å². The first kappa shape index (κ1) is 14.0. The van der Waals surface area contributed by atoms with E-state index in [4.69, 9.17) is 0 Å². The van der Waals surface area contributed by atoms with Gasteiger partial charge < -0.3 is 5.32 Å². The largest absolute Gasteiger partial charge is 0.324 e. The second kappa shape index (κ2) is 6.67. The molecular weight excluding hydrogens is 276 g/mol. The van der Waals surface area contributed by atoms with Gasteiger partial charge in [0.05, 0.1) is 11.4 Å². The molecule has 0 atom stereocenters. The Bertz CT molecular complexity index is 738. The highest BCUT2D eigenvalue weighted by molar-refractivity contribution is 5.92. The molecule has 1 N–H and O–H groups in total. The number of carbonyl (C=O) groups excluding carboxylic acids is 1. The third-order valence-electron chi connectivity index (χ3n) is 3.33. The average molecular weight is 292 g/mol. The molecule has 0 bridgehead atoms. The number of benzene rings is 2. The maximum Gasteiger partial charge on any atom is 0.224 e. The highest BCUT2D eigenvalue weighted by Gasteiger charge is 2.08. The number of aryl methyl sites for hydroxylation is 1. The van der Waals surface area contributed by atoms with Gasteiger partial charge >= 0.3 is 0 Å². The molecule has 0 spiro atoms. The molecule has 5 nitrogen and oxygen atoms in total. The van der Waals surface area contributed by atoms with Crippen molar-refractivity contribution in [2.45, 2.75) is 12.8 Å². The number of anilines is 1. The van der Waals surface area contributed by atoms with Gasteiger partial charge in [-0.2, -0.15) is 5.10 Å². The molecule has 0 radical (unpaired) electrons. The first-order valence-corrected chi connectivity index (χ1v) is 7.11. The van der Waals surface area contributed by atoms with Crippen LogP contribution in [0, 0.1) is 0 Å². The molecule has 110 valence electrons. The molecule has 5 heteroatoms. The Morgan fingerprint density at radius 3 is 2.59 bits per heavy atom. The third-order valence-corrected chi connectivity index (χ3v) is 3.33. The molecule has 22 heavy (non-hydrogen) atoms. The normalized spacial score (nSPS) is 10.4. The zero-order valence-corrected chi connectivity index (χ0v) is 12.0. The molecule has 1 heterocycles. The van der Waals surface area contributed by atoms with Gasteiger partial charge in [0.15, 0.2) is 0 Å². The van der Waals surface area contributed by atoms with E-state index in [0.29, 0.717) is 6.42 Å². The molecule has 3 aromatic rings. The smallest absolute Gasteiger partial charge is 0.224 e. The first-order chi connectivity index (χ1) is 10.8. The van der Waals surface area contributed by atoms with Crippen molar-refractivity contribution in [2.24, 2.45) is 0 Å². The summed E-state index contributed by atoms with van der Waals surface area (Å²) in [5.74, 6) is -0.0172. The highest BCUT2D eigenvalue weighted by Crippen LogP contribution is 2.19. The van der Waals surface area contributed by atoms with Gasteiger partial charge in [-0.15, -0.1) is 0 Å². The Labute approximate surface area is 128 Å². The van der Waals surface area contributed by atoms with Gasteiger partial charge in [0.1, 0.15) is 12.7 Å². The first-order valence-electron chi connectivity index (χ1n) is 7.11. The fourth-order valence-electron chi connectivity index (χ4n) is 2.23. The maximum atomic E-state index is 12.2. The summed E-state index contributed by atoms with van der Waals surface area (Å²) in [5.41, 5.74) is 2.68. The van der Waals surface area contributed by atoms with Crippen LogP contribution in [0.4, 0.5) is 5.69 Å². The van der Waals surface area contributed by atoms with Crippen LogP contribution in [0.5, 0.6) is 0 Å². The molecule has 0 aliphatic rings. The lowest BCUT2D eigenvalue weighted by molar-refractivity contribution is -0.116. The minimum absolute atomic E-state index is 0.0172. The fourth-order valence-corrected chi connectivity index (χ4v) is 2.23. The molecule has 0 saturated heterocycles. The number of para-hydroxylation sites is 2. The summed E-state index contributed by atoms with van der Waals surface area (Å²) in [7, 11) is 0. The number of nitrogens with one attached hydrogen (secondary N) is 1. The van der Waals surface area contributed by atoms with E-state index >= 15 is 0 Å². The standard InChI is InChI=1S/C17H16N4O/c22-17(11-10-14-6-2-1-3-7-14)20-15-8-4-5-9-16(15)21-13-18-12-19-21/h1-9,12-13H,10-11H2,(H,20,22). The summed E-state index contributed by atoms with van der Waals surface area (Å²) >= 11 is 0. The summed E-state index contributed by atoms with van der Waals surface area (Å²) in [6.07, 6.45) is 4.23. The number of nitrogens with zero attached hydrogens (tertiary/aromatic N) is 3. The fraction of sp³-hybridized carbons (Fsp3) is 0.118. The lowest BCUT2D eigenvalue weighted by Crippen LogP contribution is -2.14. The van der Waals surface area contributed by atoms with E-state index in [0.717, 1.165) is 23.4 Å². The van der Waals surface area contributed by atoms with E-state index in [2.05, 4.69) is 15.4 Å². The van der Waals surface area contributed by atoms with Crippen molar-refractivity contribution < 1.29 is 4.79 Å². The van der Waals surface area contributed by atoms with Gasteiger partial charge in [0.2, 0.25) is 5.91 Å². The third kappa shape index (κ3) is 3.38. The van der Waals surface area contributed by atoms with E-state index in [-0.39, 0.29) is 5.91 Å². The number of amides is 1. The van der Waals surface area contributed by atoms with E-state index in [9.17, 15) is 4.79 Å². The molecule has 0 unspecified atom stereocenters. The predicted octanol–water partition coefficient (Wildman–Crippen LogP) is 2.84. The van der Waals surface area contributed by atoms with Crippen molar-refractivity contribution in [3.63, 3.8) is 0 Å². The predicted molar refractivity (Wildman–Crippen MR) is 84.8 cm³/mol. The van der Waals surface area contributed by atoms with Crippen molar-refractivity contribution in [1.29, 1.82) is 0 Å². The molecule has 0 saturated carbocycles. The Kier molecular flexibility index (Phi) is 4.25. The molecule has 1 aromatic heterocycles. The quantitative estimate of drug-likeness (QED) is 0.786.